The molecule has 1 rings (SSSR count). The standard InChI is InChI=1S/C10H21NO2/c1-2-12-6-3-7-13-9-10-4-5-11-8-10/h10-11H,2-9H2,1H3. The molecule has 1 aliphatic heterocycles. The number of ether oxygens (including phenoxy) is 2. The first-order chi connectivity index (χ1) is 6.43. The lowest BCUT2D eigenvalue weighted by molar-refractivity contribution is 0.0727. The minimum Gasteiger partial charge on any atom is -0.382 e. The zero-order valence-electron chi connectivity index (χ0n) is 8.55. The summed E-state index contributed by atoms with van der Waals surface area (Å²) in [6, 6.07) is 0. The number of hydrogen-bond donors (Lipinski definition) is 1. The fourth-order valence-corrected chi connectivity index (χ4v) is 1.51. The molecule has 1 heterocycles. The molecule has 1 unspecified atom stereocenters. The summed E-state index contributed by atoms with van der Waals surface area (Å²) < 4.78 is 10.8. The molecule has 0 spiro atoms. The average molecular weight is 187 g/mol. The Morgan fingerprint density at radius 2 is 2.15 bits per heavy atom. The van der Waals surface area contributed by atoms with Crippen molar-refractivity contribution in [3.63, 3.8) is 0 Å². The van der Waals surface area contributed by atoms with Crippen LogP contribution in [0.2, 0.25) is 0 Å². The van der Waals surface area contributed by atoms with Gasteiger partial charge in [-0.15, -0.1) is 0 Å². The van der Waals surface area contributed by atoms with Gasteiger partial charge in [0, 0.05) is 26.4 Å². The summed E-state index contributed by atoms with van der Waals surface area (Å²) in [5.74, 6) is 0.743. The lowest BCUT2D eigenvalue weighted by atomic mass is 10.1. The van der Waals surface area contributed by atoms with Gasteiger partial charge < -0.3 is 14.8 Å². The van der Waals surface area contributed by atoms with Gasteiger partial charge in [-0.25, -0.2) is 0 Å². The molecule has 0 saturated carbocycles. The van der Waals surface area contributed by atoms with E-state index < -0.39 is 0 Å². The van der Waals surface area contributed by atoms with E-state index in [9.17, 15) is 0 Å². The van der Waals surface area contributed by atoms with Crippen molar-refractivity contribution < 1.29 is 9.47 Å². The van der Waals surface area contributed by atoms with Gasteiger partial charge in [-0.05, 0) is 32.2 Å². The smallest absolute Gasteiger partial charge is 0.0506 e. The van der Waals surface area contributed by atoms with Crippen molar-refractivity contribution in [1.82, 2.24) is 5.32 Å². The fourth-order valence-electron chi connectivity index (χ4n) is 1.51. The molecule has 1 aliphatic rings. The van der Waals surface area contributed by atoms with E-state index in [2.05, 4.69) is 5.32 Å². The van der Waals surface area contributed by atoms with Crippen LogP contribution in [0, 0.1) is 5.92 Å². The van der Waals surface area contributed by atoms with Crippen molar-refractivity contribution in [2.45, 2.75) is 19.8 Å². The summed E-state index contributed by atoms with van der Waals surface area (Å²) in [4.78, 5) is 0. The third-order valence-corrected chi connectivity index (χ3v) is 2.30. The highest BCUT2D eigenvalue weighted by atomic mass is 16.5. The summed E-state index contributed by atoms with van der Waals surface area (Å²) >= 11 is 0. The van der Waals surface area contributed by atoms with Gasteiger partial charge >= 0.3 is 0 Å². The van der Waals surface area contributed by atoms with Gasteiger partial charge in [-0.2, -0.15) is 0 Å². The average Bonchev–Trinajstić information content (AvgIpc) is 2.63. The quantitative estimate of drug-likeness (QED) is 0.604. The molecule has 0 radical (unpaired) electrons. The lowest BCUT2D eigenvalue weighted by Crippen LogP contribution is -2.14. The highest BCUT2D eigenvalue weighted by Gasteiger charge is 2.13. The second-order valence-corrected chi connectivity index (χ2v) is 3.48. The largest absolute Gasteiger partial charge is 0.382 e. The normalized spacial score (nSPS) is 22.4. The molecule has 0 aromatic carbocycles. The predicted molar refractivity (Wildman–Crippen MR) is 52.9 cm³/mol. The molecule has 0 aliphatic carbocycles. The molecule has 1 N–H and O–H groups in total. The van der Waals surface area contributed by atoms with E-state index in [1.165, 1.54) is 6.42 Å². The maximum Gasteiger partial charge on any atom is 0.0506 e. The highest BCUT2D eigenvalue weighted by Crippen LogP contribution is 2.07. The molecule has 0 aromatic rings. The fraction of sp³-hybridized carbons (Fsp3) is 1.00. The predicted octanol–water partition coefficient (Wildman–Crippen LogP) is 1.04. The Morgan fingerprint density at radius 3 is 2.85 bits per heavy atom. The van der Waals surface area contributed by atoms with Crippen LogP contribution in [0.5, 0.6) is 0 Å². The summed E-state index contributed by atoms with van der Waals surface area (Å²) in [5, 5.41) is 3.33. The van der Waals surface area contributed by atoms with Gasteiger partial charge in [0.25, 0.3) is 0 Å². The SMILES string of the molecule is CCOCCCOCC1CCNC1. The van der Waals surface area contributed by atoms with Gasteiger partial charge in [-0.3, -0.25) is 0 Å². The molecule has 0 aromatic heterocycles. The summed E-state index contributed by atoms with van der Waals surface area (Å²) in [5.41, 5.74) is 0. The zero-order chi connectivity index (χ0) is 9.36. The van der Waals surface area contributed by atoms with Crippen molar-refractivity contribution in [1.29, 1.82) is 0 Å². The van der Waals surface area contributed by atoms with Crippen molar-refractivity contribution >= 4 is 0 Å². The van der Waals surface area contributed by atoms with Crippen LogP contribution < -0.4 is 5.32 Å². The molecule has 1 atom stereocenters. The third-order valence-electron chi connectivity index (χ3n) is 2.30. The summed E-state index contributed by atoms with van der Waals surface area (Å²) in [6.45, 7) is 7.71. The highest BCUT2D eigenvalue weighted by molar-refractivity contribution is 4.70. The molecule has 1 fully saturated rings. The van der Waals surface area contributed by atoms with E-state index in [0.29, 0.717) is 0 Å². The molecular formula is C10H21NO2. The number of hydrogen-bond acceptors (Lipinski definition) is 3. The van der Waals surface area contributed by atoms with E-state index in [-0.39, 0.29) is 0 Å². The minimum atomic E-state index is 0.743. The third kappa shape index (κ3) is 5.24. The van der Waals surface area contributed by atoms with Gasteiger partial charge in [-0.1, -0.05) is 0 Å². The van der Waals surface area contributed by atoms with Crippen LogP contribution in [0.25, 0.3) is 0 Å². The zero-order valence-corrected chi connectivity index (χ0v) is 8.55. The van der Waals surface area contributed by atoms with Crippen LogP contribution in [-0.4, -0.2) is 39.5 Å². The van der Waals surface area contributed by atoms with Gasteiger partial charge in [0.05, 0.1) is 6.61 Å². The van der Waals surface area contributed by atoms with Crippen LogP contribution in [0.15, 0.2) is 0 Å². The van der Waals surface area contributed by atoms with Crippen LogP contribution in [0.3, 0.4) is 0 Å². The Hall–Kier alpha value is -0.120. The molecule has 13 heavy (non-hydrogen) atoms. The van der Waals surface area contributed by atoms with E-state index >= 15 is 0 Å². The maximum atomic E-state index is 5.54. The van der Waals surface area contributed by atoms with Crippen molar-refractivity contribution in [2.24, 2.45) is 5.92 Å². The van der Waals surface area contributed by atoms with Crippen LogP contribution in [0.1, 0.15) is 19.8 Å². The molecular weight excluding hydrogens is 166 g/mol. The summed E-state index contributed by atoms with van der Waals surface area (Å²) in [6.07, 6.45) is 2.29. The van der Waals surface area contributed by atoms with Crippen molar-refractivity contribution in [2.75, 3.05) is 39.5 Å². The molecule has 78 valence electrons. The van der Waals surface area contributed by atoms with Crippen molar-refractivity contribution in [3.8, 4) is 0 Å². The number of rotatable bonds is 7. The first-order valence-electron chi connectivity index (χ1n) is 5.29. The van der Waals surface area contributed by atoms with Crippen LogP contribution in [-0.2, 0) is 9.47 Å². The van der Waals surface area contributed by atoms with Gasteiger partial charge in [0.15, 0.2) is 0 Å². The molecule has 3 heteroatoms. The maximum absolute atomic E-state index is 5.54. The summed E-state index contributed by atoms with van der Waals surface area (Å²) in [7, 11) is 0. The molecule has 3 nitrogen and oxygen atoms in total. The van der Waals surface area contributed by atoms with Crippen LogP contribution in [0.4, 0.5) is 0 Å². The van der Waals surface area contributed by atoms with Gasteiger partial charge in [0.1, 0.15) is 0 Å². The first-order valence-corrected chi connectivity index (χ1v) is 5.29. The molecule has 0 amide bonds. The van der Waals surface area contributed by atoms with E-state index in [1.807, 2.05) is 6.92 Å². The van der Waals surface area contributed by atoms with Crippen molar-refractivity contribution in [3.05, 3.63) is 0 Å². The minimum absolute atomic E-state index is 0.743. The van der Waals surface area contributed by atoms with Crippen LogP contribution >= 0.6 is 0 Å². The number of nitrogens with one attached hydrogen (secondary N) is 1. The Kier molecular flexibility index (Phi) is 6.15. The van der Waals surface area contributed by atoms with E-state index in [4.69, 9.17) is 9.47 Å². The topological polar surface area (TPSA) is 30.5 Å². The first kappa shape index (κ1) is 11.0. The second kappa shape index (κ2) is 7.30. The molecule has 0 bridgehead atoms. The van der Waals surface area contributed by atoms with E-state index in [0.717, 1.165) is 51.9 Å². The molecule has 1 saturated heterocycles. The second-order valence-electron chi connectivity index (χ2n) is 3.48. The Labute approximate surface area is 80.8 Å². The lowest BCUT2D eigenvalue weighted by Gasteiger charge is -2.08. The Bertz CT molecular complexity index is 113. The Balaban J connectivity index is 1.78. The van der Waals surface area contributed by atoms with Gasteiger partial charge in [0.2, 0.25) is 0 Å². The Morgan fingerprint density at radius 1 is 1.31 bits per heavy atom. The van der Waals surface area contributed by atoms with E-state index in [1.54, 1.807) is 0 Å². The monoisotopic (exact) mass is 187 g/mol.